The average Bonchev–Trinajstić information content (AvgIpc) is 3.30. The predicted molar refractivity (Wildman–Crippen MR) is 174 cm³/mol. The lowest BCUT2D eigenvalue weighted by Crippen LogP contribution is -2.40. The first-order chi connectivity index (χ1) is 21.2. The zero-order chi connectivity index (χ0) is 31.4. The molecule has 2 heterocycles. The molecule has 10 heteroatoms. The number of carbonyl (C=O) groups is 1. The Labute approximate surface area is 268 Å². The SMILES string of the molecule is CCOC(=O)C1=C(C)N=c2s/c(=C/c3cc(Br)c(OCc4ccccc4)c(OC)c3)c(=O)n2[C@H]1c1ccccc1OC(C)C. The van der Waals surface area contributed by atoms with Crippen molar-refractivity contribution >= 4 is 39.3 Å². The molecule has 0 radical (unpaired) electrons. The maximum Gasteiger partial charge on any atom is 0.338 e. The molecular weight excluding hydrogens is 644 g/mol. The lowest BCUT2D eigenvalue weighted by molar-refractivity contribution is -0.139. The number of carbonyl (C=O) groups excluding carboxylic acids is 1. The second-order valence-corrected chi connectivity index (χ2v) is 12.2. The van der Waals surface area contributed by atoms with Crippen molar-refractivity contribution in [3.05, 3.63) is 119 Å². The van der Waals surface area contributed by atoms with Crippen molar-refractivity contribution in [2.75, 3.05) is 13.7 Å². The van der Waals surface area contributed by atoms with Gasteiger partial charge in [-0.1, -0.05) is 59.9 Å². The first-order valence-corrected chi connectivity index (χ1v) is 15.8. The zero-order valence-corrected chi connectivity index (χ0v) is 27.5. The highest BCUT2D eigenvalue weighted by Crippen LogP contribution is 2.38. The van der Waals surface area contributed by atoms with Gasteiger partial charge in [-0.05, 0) is 79.0 Å². The van der Waals surface area contributed by atoms with E-state index in [1.807, 2.05) is 80.6 Å². The Hall–Kier alpha value is -4.15. The quantitative estimate of drug-likeness (QED) is 0.193. The van der Waals surface area contributed by atoms with Gasteiger partial charge in [-0.15, -0.1) is 0 Å². The van der Waals surface area contributed by atoms with Crippen molar-refractivity contribution < 1.29 is 23.7 Å². The zero-order valence-electron chi connectivity index (χ0n) is 25.1. The highest BCUT2D eigenvalue weighted by Gasteiger charge is 2.35. The largest absolute Gasteiger partial charge is 0.493 e. The second kappa shape index (κ2) is 13.7. The first-order valence-electron chi connectivity index (χ1n) is 14.2. The Bertz CT molecular complexity index is 1890. The van der Waals surface area contributed by atoms with Gasteiger partial charge < -0.3 is 18.9 Å². The van der Waals surface area contributed by atoms with Crippen LogP contribution in [-0.2, 0) is 16.1 Å². The number of thiazole rings is 1. The summed E-state index contributed by atoms with van der Waals surface area (Å²) in [5.74, 6) is 1.14. The van der Waals surface area contributed by atoms with Gasteiger partial charge in [-0.25, -0.2) is 9.79 Å². The summed E-state index contributed by atoms with van der Waals surface area (Å²) in [6, 6.07) is 20.2. The molecule has 44 heavy (non-hydrogen) atoms. The van der Waals surface area contributed by atoms with Crippen LogP contribution in [0.15, 0.2) is 92.3 Å². The summed E-state index contributed by atoms with van der Waals surface area (Å²) >= 11 is 4.87. The summed E-state index contributed by atoms with van der Waals surface area (Å²) < 4.78 is 26.0. The number of nitrogens with zero attached hydrogens (tertiary/aromatic N) is 2. The number of hydrogen-bond acceptors (Lipinski definition) is 8. The van der Waals surface area contributed by atoms with E-state index in [1.54, 1.807) is 31.6 Å². The molecule has 4 aromatic rings. The topological polar surface area (TPSA) is 88.4 Å². The number of benzene rings is 3. The summed E-state index contributed by atoms with van der Waals surface area (Å²) in [5.41, 5.74) is 2.94. The second-order valence-electron chi connectivity index (χ2n) is 10.3. The Balaban J connectivity index is 1.62. The van der Waals surface area contributed by atoms with E-state index < -0.39 is 12.0 Å². The Kier molecular flexibility index (Phi) is 9.71. The normalized spacial score (nSPS) is 14.7. The summed E-state index contributed by atoms with van der Waals surface area (Å²) in [4.78, 5) is 32.6. The molecule has 0 aliphatic carbocycles. The third kappa shape index (κ3) is 6.51. The van der Waals surface area contributed by atoms with Gasteiger partial charge in [0.15, 0.2) is 16.3 Å². The lowest BCUT2D eigenvalue weighted by Gasteiger charge is -2.26. The number of fused-ring (bicyclic) bond motifs is 1. The van der Waals surface area contributed by atoms with Gasteiger partial charge in [0.25, 0.3) is 5.56 Å². The van der Waals surface area contributed by atoms with Crippen LogP contribution in [0.5, 0.6) is 17.2 Å². The molecule has 228 valence electrons. The summed E-state index contributed by atoms with van der Waals surface area (Å²) in [6.07, 6.45) is 1.67. The monoisotopic (exact) mass is 676 g/mol. The van der Waals surface area contributed by atoms with E-state index in [1.165, 1.54) is 11.3 Å². The molecule has 0 fully saturated rings. The number of aromatic nitrogens is 1. The van der Waals surface area contributed by atoms with E-state index in [0.29, 0.717) is 54.5 Å². The fraction of sp³-hybridized carbons (Fsp3) is 0.265. The molecule has 1 aliphatic heterocycles. The van der Waals surface area contributed by atoms with E-state index in [-0.39, 0.29) is 18.3 Å². The molecule has 0 saturated heterocycles. The smallest absolute Gasteiger partial charge is 0.338 e. The molecule has 0 N–H and O–H groups in total. The highest BCUT2D eigenvalue weighted by atomic mass is 79.9. The third-order valence-electron chi connectivity index (χ3n) is 6.87. The maximum atomic E-state index is 14.1. The van der Waals surface area contributed by atoms with E-state index in [2.05, 4.69) is 20.9 Å². The fourth-order valence-electron chi connectivity index (χ4n) is 5.00. The molecule has 0 amide bonds. The van der Waals surface area contributed by atoms with Gasteiger partial charge in [0.1, 0.15) is 18.4 Å². The van der Waals surface area contributed by atoms with Crippen molar-refractivity contribution in [2.24, 2.45) is 4.99 Å². The van der Waals surface area contributed by atoms with Crippen LogP contribution < -0.4 is 29.1 Å². The predicted octanol–water partition coefficient (Wildman–Crippen LogP) is 5.94. The number of halogens is 1. The molecular formula is C34H33BrN2O6S. The molecule has 0 spiro atoms. The van der Waals surface area contributed by atoms with Gasteiger partial charge in [0.05, 0.1) is 40.1 Å². The summed E-state index contributed by atoms with van der Waals surface area (Å²) in [7, 11) is 1.57. The number of para-hydroxylation sites is 1. The van der Waals surface area contributed by atoms with Crippen LogP contribution in [0.3, 0.4) is 0 Å². The number of esters is 1. The van der Waals surface area contributed by atoms with Crippen LogP contribution in [0, 0.1) is 0 Å². The molecule has 8 nitrogen and oxygen atoms in total. The standard InChI is InChI=1S/C34H33BrN2O6S/c1-6-41-33(39)29-21(4)36-34-37(30(29)24-14-10-11-15-26(24)43-20(2)3)32(38)28(44-34)18-23-16-25(35)31(27(17-23)40-5)42-19-22-12-8-7-9-13-22/h7-18,20,30H,6,19H2,1-5H3/b28-18+/t30-/m0/s1. The number of methoxy groups -OCH3 is 1. The van der Waals surface area contributed by atoms with Crippen LogP contribution in [-0.4, -0.2) is 30.4 Å². The van der Waals surface area contributed by atoms with Crippen LogP contribution in [0.1, 0.15) is 50.4 Å². The third-order valence-corrected chi connectivity index (χ3v) is 8.44. The molecule has 1 atom stereocenters. The Morgan fingerprint density at radius 2 is 1.82 bits per heavy atom. The van der Waals surface area contributed by atoms with Gasteiger partial charge >= 0.3 is 5.97 Å². The average molecular weight is 678 g/mol. The van der Waals surface area contributed by atoms with E-state index >= 15 is 0 Å². The van der Waals surface area contributed by atoms with Crippen LogP contribution >= 0.6 is 27.3 Å². The first kappa shape index (κ1) is 31.3. The summed E-state index contributed by atoms with van der Waals surface area (Å²) in [6.45, 7) is 7.94. The molecule has 1 aromatic heterocycles. The van der Waals surface area contributed by atoms with Crippen molar-refractivity contribution in [1.29, 1.82) is 0 Å². The van der Waals surface area contributed by atoms with Crippen LogP contribution in [0.25, 0.3) is 6.08 Å². The van der Waals surface area contributed by atoms with Gasteiger partial charge in [0, 0.05) is 5.56 Å². The van der Waals surface area contributed by atoms with Crippen molar-refractivity contribution in [3.8, 4) is 17.2 Å². The van der Waals surface area contributed by atoms with E-state index in [0.717, 1.165) is 11.1 Å². The molecule has 0 bridgehead atoms. The van der Waals surface area contributed by atoms with Crippen LogP contribution in [0.4, 0.5) is 0 Å². The fourth-order valence-corrected chi connectivity index (χ4v) is 6.62. The van der Waals surface area contributed by atoms with Crippen LogP contribution in [0.2, 0.25) is 0 Å². The lowest BCUT2D eigenvalue weighted by atomic mass is 9.95. The molecule has 1 aliphatic rings. The Morgan fingerprint density at radius 3 is 2.52 bits per heavy atom. The van der Waals surface area contributed by atoms with Gasteiger partial charge in [0.2, 0.25) is 0 Å². The number of ether oxygens (including phenoxy) is 4. The minimum absolute atomic E-state index is 0.115. The Morgan fingerprint density at radius 1 is 1.09 bits per heavy atom. The van der Waals surface area contributed by atoms with Crippen molar-refractivity contribution in [1.82, 2.24) is 4.57 Å². The van der Waals surface area contributed by atoms with Crippen molar-refractivity contribution in [2.45, 2.75) is 46.4 Å². The van der Waals surface area contributed by atoms with Crippen molar-refractivity contribution in [3.63, 3.8) is 0 Å². The maximum absolute atomic E-state index is 14.1. The molecule has 5 rings (SSSR count). The van der Waals surface area contributed by atoms with Gasteiger partial charge in [-0.3, -0.25) is 9.36 Å². The number of hydrogen-bond donors (Lipinski definition) is 0. The molecule has 0 unspecified atom stereocenters. The van der Waals surface area contributed by atoms with E-state index in [4.69, 9.17) is 18.9 Å². The minimum atomic E-state index is -0.780. The highest BCUT2D eigenvalue weighted by molar-refractivity contribution is 9.10. The van der Waals surface area contributed by atoms with Gasteiger partial charge in [-0.2, -0.15) is 0 Å². The van der Waals surface area contributed by atoms with E-state index in [9.17, 15) is 9.59 Å². The number of allylic oxidation sites excluding steroid dienone is 1. The summed E-state index contributed by atoms with van der Waals surface area (Å²) in [5, 5.41) is 0. The minimum Gasteiger partial charge on any atom is -0.493 e. The molecule has 3 aromatic carbocycles. The molecule has 0 saturated carbocycles. The number of rotatable bonds is 10.